The summed E-state index contributed by atoms with van der Waals surface area (Å²) in [6.07, 6.45) is -10.8. The average Bonchev–Trinajstić information content (AvgIpc) is 2.13. The van der Waals surface area contributed by atoms with E-state index in [2.05, 4.69) is 0 Å². The van der Waals surface area contributed by atoms with Gasteiger partial charge in [-0.1, -0.05) is 18.2 Å². The molecular formula is C10H10ClF6N. The Bertz CT molecular complexity index is 387. The summed E-state index contributed by atoms with van der Waals surface area (Å²) in [5.41, 5.74) is 3.49. The van der Waals surface area contributed by atoms with Gasteiger partial charge in [0.05, 0.1) is 12.0 Å². The lowest BCUT2D eigenvalue weighted by Gasteiger charge is -2.19. The summed E-state index contributed by atoms with van der Waals surface area (Å²) in [6.45, 7) is 0. The van der Waals surface area contributed by atoms with E-state index in [1.54, 1.807) is 0 Å². The standard InChI is InChI=1S/C10H9F6N.ClH/c11-9(12,13)5-8(17)6-3-1-2-4-7(6)10(14,15)16;/h1-4,8H,5,17H2;1H/t8-;/m0./s1. The zero-order valence-electron chi connectivity index (χ0n) is 8.85. The molecule has 8 heteroatoms. The van der Waals surface area contributed by atoms with Gasteiger partial charge in [0.1, 0.15) is 0 Å². The molecule has 0 spiro atoms. The summed E-state index contributed by atoms with van der Waals surface area (Å²) < 4.78 is 73.7. The van der Waals surface area contributed by atoms with Crippen molar-refractivity contribution >= 4 is 12.4 Å². The zero-order valence-corrected chi connectivity index (χ0v) is 9.66. The Balaban J connectivity index is 0.00000289. The second kappa shape index (κ2) is 5.79. The first-order chi connectivity index (χ1) is 7.61. The minimum atomic E-state index is -4.71. The van der Waals surface area contributed by atoms with Crippen molar-refractivity contribution in [1.29, 1.82) is 0 Å². The summed E-state index contributed by atoms with van der Waals surface area (Å²) in [5, 5.41) is 0. The van der Waals surface area contributed by atoms with Gasteiger partial charge in [0.15, 0.2) is 0 Å². The summed E-state index contributed by atoms with van der Waals surface area (Å²) in [7, 11) is 0. The Morgan fingerprint density at radius 1 is 1.00 bits per heavy atom. The molecule has 0 heterocycles. The largest absolute Gasteiger partial charge is 0.416 e. The van der Waals surface area contributed by atoms with E-state index in [0.29, 0.717) is 6.07 Å². The van der Waals surface area contributed by atoms with Gasteiger partial charge in [-0.3, -0.25) is 0 Å². The van der Waals surface area contributed by atoms with Crippen molar-refractivity contribution in [2.24, 2.45) is 5.73 Å². The van der Waals surface area contributed by atoms with Gasteiger partial charge in [0.25, 0.3) is 0 Å². The second-order valence-electron chi connectivity index (χ2n) is 3.51. The van der Waals surface area contributed by atoms with Crippen molar-refractivity contribution in [3.8, 4) is 0 Å². The van der Waals surface area contributed by atoms with Crippen molar-refractivity contribution in [2.45, 2.75) is 24.8 Å². The number of hydrogen-bond donors (Lipinski definition) is 1. The summed E-state index contributed by atoms with van der Waals surface area (Å²) in [6, 6.07) is 2.28. The maximum absolute atomic E-state index is 12.5. The average molecular weight is 294 g/mol. The van der Waals surface area contributed by atoms with Crippen LogP contribution in [0.5, 0.6) is 0 Å². The predicted molar refractivity (Wildman–Crippen MR) is 56.3 cm³/mol. The van der Waals surface area contributed by atoms with E-state index in [9.17, 15) is 26.3 Å². The lowest BCUT2D eigenvalue weighted by atomic mass is 9.98. The van der Waals surface area contributed by atoms with Crippen LogP contribution in [0.25, 0.3) is 0 Å². The zero-order chi connectivity index (χ0) is 13.3. The maximum atomic E-state index is 12.5. The van der Waals surface area contributed by atoms with Crippen molar-refractivity contribution in [1.82, 2.24) is 0 Å². The van der Waals surface area contributed by atoms with E-state index in [-0.39, 0.29) is 12.4 Å². The predicted octanol–water partition coefficient (Wildman–Crippen LogP) is 4.08. The van der Waals surface area contributed by atoms with E-state index in [1.807, 2.05) is 0 Å². The smallest absolute Gasteiger partial charge is 0.324 e. The first-order valence-corrected chi connectivity index (χ1v) is 4.60. The summed E-state index contributed by atoms with van der Waals surface area (Å²) in [4.78, 5) is 0. The number of hydrogen-bond acceptors (Lipinski definition) is 1. The van der Waals surface area contributed by atoms with Gasteiger partial charge >= 0.3 is 12.4 Å². The maximum Gasteiger partial charge on any atom is 0.416 e. The highest BCUT2D eigenvalue weighted by Crippen LogP contribution is 2.36. The third-order valence-corrected chi connectivity index (χ3v) is 2.12. The Morgan fingerprint density at radius 3 is 1.94 bits per heavy atom. The number of nitrogens with two attached hydrogens (primary N) is 1. The van der Waals surface area contributed by atoms with E-state index < -0.39 is 35.9 Å². The van der Waals surface area contributed by atoms with Crippen LogP contribution in [-0.2, 0) is 6.18 Å². The molecule has 1 nitrogen and oxygen atoms in total. The van der Waals surface area contributed by atoms with Crippen LogP contribution in [0, 0.1) is 0 Å². The molecule has 18 heavy (non-hydrogen) atoms. The van der Waals surface area contributed by atoms with E-state index >= 15 is 0 Å². The van der Waals surface area contributed by atoms with Gasteiger partial charge < -0.3 is 5.73 Å². The van der Waals surface area contributed by atoms with E-state index in [4.69, 9.17) is 5.73 Å². The molecular weight excluding hydrogens is 284 g/mol. The van der Waals surface area contributed by atoms with Gasteiger partial charge in [-0.25, -0.2) is 0 Å². The molecule has 0 unspecified atom stereocenters. The Morgan fingerprint density at radius 2 is 1.50 bits per heavy atom. The summed E-state index contributed by atoms with van der Waals surface area (Å²) in [5.74, 6) is 0. The Labute approximate surface area is 105 Å². The van der Waals surface area contributed by atoms with E-state index in [0.717, 1.165) is 12.1 Å². The van der Waals surface area contributed by atoms with Gasteiger partial charge in [-0.2, -0.15) is 26.3 Å². The first kappa shape index (κ1) is 17.1. The van der Waals surface area contributed by atoms with Crippen molar-refractivity contribution in [3.63, 3.8) is 0 Å². The highest BCUT2D eigenvalue weighted by Gasteiger charge is 2.37. The third kappa shape index (κ3) is 4.73. The molecule has 0 amide bonds. The van der Waals surface area contributed by atoms with Crippen molar-refractivity contribution in [2.75, 3.05) is 0 Å². The molecule has 0 aromatic heterocycles. The number of alkyl halides is 6. The van der Waals surface area contributed by atoms with Gasteiger partial charge in [-0.05, 0) is 11.6 Å². The fourth-order valence-electron chi connectivity index (χ4n) is 1.44. The van der Waals surface area contributed by atoms with Crippen LogP contribution in [0.3, 0.4) is 0 Å². The minimum Gasteiger partial charge on any atom is -0.324 e. The molecule has 1 aromatic rings. The van der Waals surface area contributed by atoms with Crippen molar-refractivity contribution < 1.29 is 26.3 Å². The molecule has 1 aromatic carbocycles. The van der Waals surface area contributed by atoms with Crippen LogP contribution in [0.15, 0.2) is 24.3 Å². The highest BCUT2D eigenvalue weighted by molar-refractivity contribution is 5.85. The second-order valence-corrected chi connectivity index (χ2v) is 3.51. The van der Waals surface area contributed by atoms with Crippen molar-refractivity contribution in [3.05, 3.63) is 35.4 Å². The molecule has 1 atom stereocenters. The van der Waals surface area contributed by atoms with Crippen LogP contribution in [-0.4, -0.2) is 6.18 Å². The van der Waals surface area contributed by atoms with Crippen LogP contribution in [0.1, 0.15) is 23.6 Å². The Hall–Kier alpha value is -0.950. The molecule has 0 radical (unpaired) electrons. The normalized spacial score (nSPS) is 13.9. The van der Waals surface area contributed by atoms with Crippen LogP contribution >= 0.6 is 12.4 Å². The summed E-state index contributed by atoms with van der Waals surface area (Å²) >= 11 is 0. The fraction of sp³-hybridized carbons (Fsp3) is 0.400. The monoisotopic (exact) mass is 293 g/mol. The van der Waals surface area contributed by atoms with Crippen LogP contribution in [0.4, 0.5) is 26.3 Å². The molecule has 104 valence electrons. The molecule has 0 aliphatic rings. The molecule has 0 aliphatic heterocycles. The molecule has 2 N–H and O–H groups in total. The number of benzene rings is 1. The molecule has 1 rings (SSSR count). The molecule has 0 bridgehead atoms. The lowest BCUT2D eigenvalue weighted by Crippen LogP contribution is -2.23. The molecule has 0 saturated carbocycles. The fourth-order valence-corrected chi connectivity index (χ4v) is 1.44. The van der Waals surface area contributed by atoms with Crippen LogP contribution in [0.2, 0.25) is 0 Å². The number of halogens is 7. The number of rotatable bonds is 2. The topological polar surface area (TPSA) is 26.0 Å². The Kier molecular flexibility index (Phi) is 5.49. The van der Waals surface area contributed by atoms with Gasteiger partial charge in [0.2, 0.25) is 0 Å². The van der Waals surface area contributed by atoms with Gasteiger partial charge in [0, 0.05) is 6.04 Å². The lowest BCUT2D eigenvalue weighted by molar-refractivity contribution is -0.144. The van der Waals surface area contributed by atoms with Gasteiger partial charge in [-0.15, -0.1) is 12.4 Å². The minimum absolute atomic E-state index is 0. The molecule has 0 aliphatic carbocycles. The first-order valence-electron chi connectivity index (χ1n) is 4.60. The quantitative estimate of drug-likeness (QED) is 0.817. The molecule has 0 fully saturated rings. The third-order valence-electron chi connectivity index (χ3n) is 2.12. The van der Waals surface area contributed by atoms with E-state index in [1.165, 1.54) is 6.07 Å². The van der Waals surface area contributed by atoms with Crippen LogP contribution < -0.4 is 5.73 Å². The molecule has 0 saturated heterocycles. The SMILES string of the molecule is Cl.N[C@@H](CC(F)(F)F)c1ccccc1C(F)(F)F. The highest BCUT2D eigenvalue weighted by atomic mass is 35.5.